The molecule has 5 nitrogen and oxygen atoms in total. The van der Waals surface area contributed by atoms with Crippen molar-refractivity contribution in [2.75, 3.05) is 0 Å². The standard InChI is InChI=1S/Co.Mo.5O.Ti/q+2;+4;5*-2;+4. The van der Waals surface area contributed by atoms with Crippen molar-refractivity contribution in [3.63, 3.8) is 0 Å². The molecule has 0 spiro atoms. The summed E-state index contributed by atoms with van der Waals surface area (Å²) in [6.07, 6.45) is 0. The first-order valence-corrected chi connectivity index (χ1v) is 0. The van der Waals surface area contributed by atoms with Crippen molar-refractivity contribution in [2.24, 2.45) is 0 Å². The number of hydrogen-bond donors (Lipinski definition) is 0. The molecule has 0 atom stereocenters. The summed E-state index contributed by atoms with van der Waals surface area (Å²) in [5.74, 6) is 0. The van der Waals surface area contributed by atoms with E-state index in [0.29, 0.717) is 0 Å². The Hall–Kier alpha value is 1.71. The van der Waals surface area contributed by atoms with Crippen molar-refractivity contribution in [2.45, 2.75) is 0 Å². The minimum atomic E-state index is 0. The van der Waals surface area contributed by atoms with Crippen LogP contribution in [0.25, 0.3) is 0 Å². The fourth-order valence-corrected chi connectivity index (χ4v) is 0. The van der Waals surface area contributed by atoms with Crippen LogP contribution >= 0.6 is 0 Å². The summed E-state index contributed by atoms with van der Waals surface area (Å²) in [5, 5.41) is 0. The SMILES string of the molecule is [Co+2].[Mo+4].[O-2].[O-2].[O-2].[O-2].[O-2].[Ti+4]. The quantitative estimate of drug-likeness (QED) is 0.523. The summed E-state index contributed by atoms with van der Waals surface area (Å²) < 4.78 is 0. The maximum Gasteiger partial charge on any atom is 4.00 e. The van der Waals surface area contributed by atoms with Crippen molar-refractivity contribution in [1.29, 1.82) is 0 Å². The van der Waals surface area contributed by atoms with E-state index in [-0.39, 0.29) is 86.9 Å². The van der Waals surface area contributed by atoms with Gasteiger partial charge in [0, 0.05) is 0 Å². The van der Waals surface area contributed by atoms with E-state index in [9.17, 15) is 0 Å². The smallest absolute Gasteiger partial charge is 2.00 e. The summed E-state index contributed by atoms with van der Waals surface area (Å²) in [6, 6.07) is 0. The van der Waals surface area contributed by atoms with Crippen LogP contribution in [0.3, 0.4) is 0 Å². The van der Waals surface area contributed by atoms with Gasteiger partial charge in [-0.25, -0.2) is 0 Å². The summed E-state index contributed by atoms with van der Waals surface area (Å²) >= 11 is 0. The minimum Gasteiger partial charge on any atom is -2.00 e. The Morgan fingerprint density at radius 1 is 0.500 bits per heavy atom. The van der Waals surface area contributed by atoms with Crippen molar-refractivity contribution in [3.05, 3.63) is 0 Å². The van der Waals surface area contributed by atoms with Crippen molar-refractivity contribution in [1.82, 2.24) is 0 Å². The molecule has 0 aliphatic heterocycles. The predicted octanol–water partition coefficient (Wildman–Crippen LogP) is -0.601. The molecule has 0 aromatic carbocycles. The number of rotatable bonds is 0. The Morgan fingerprint density at radius 3 is 0.500 bits per heavy atom. The van der Waals surface area contributed by atoms with Gasteiger partial charge in [0.25, 0.3) is 0 Å². The molecule has 0 aromatic heterocycles. The maximum atomic E-state index is 0. The Morgan fingerprint density at radius 2 is 0.500 bits per heavy atom. The summed E-state index contributed by atoms with van der Waals surface area (Å²) in [5.41, 5.74) is 0. The molecule has 0 aromatic rings. The van der Waals surface area contributed by atoms with Crippen molar-refractivity contribution >= 4 is 0 Å². The van der Waals surface area contributed by atoms with E-state index < -0.39 is 0 Å². The van der Waals surface area contributed by atoms with E-state index >= 15 is 0 Å². The zero-order valence-corrected chi connectivity index (χ0v) is 7.89. The van der Waals surface area contributed by atoms with Crippen LogP contribution in [0.2, 0.25) is 0 Å². The molecule has 0 rings (SSSR count). The Labute approximate surface area is 86.5 Å². The monoisotopic (exact) mass is 285 g/mol. The first-order valence-electron chi connectivity index (χ1n) is 0. The van der Waals surface area contributed by atoms with Gasteiger partial charge in [-0.1, -0.05) is 0 Å². The summed E-state index contributed by atoms with van der Waals surface area (Å²) in [7, 11) is 0. The van der Waals surface area contributed by atoms with Crippen LogP contribution in [0, 0.1) is 0 Å². The molecule has 0 aliphatic rings. The average Bonchev–Trinajstić information content (AvgIpc) is 0. The Balaban J connectivity index is 0. The third kappa shape index (κ3) is 119. The molecule has 0 unspecified atom stereocenters. The molecule has 0 saturated heterocycles. The molecule has 49 valence electrons. The molecule has 0 aliphatic carbocycles. The topological polar surface area (TPSA) is 142 Å². The fraction of sp³-hybridized carbons (Fsp3) is 0. The maximum absolute atomic E-state index is 0. The normalized spacial score (nSPS) is 0. The van der Waals surface area contributed by atoms with Crippen molar-refractivity contribution < 1.29 is 86.9 Å². The van der Waals surface area contributed by atoms with Gasteiger partial charge >= 0.3 is 59.6 Å². The second kappa shape index (κ2) is 177. The molecule has 8 heteroatoms. The zero-order chi connectivity index (χ0) is 0. The van der Waals surface area contributed by atoms with Gasteiger partial charge in [-0.2, -0.15) is 0 Å². The van der Waals surface area contributed by atoms with Crippen LogP contribution in [-0.4, -0.2) is 0 Å². The molecule has 0 amide bonds. The molecule has 0 fully saturated rings. The zero-order valence-electron chi connectivity index (χ0n) is 3.28. The molecule has 0 N–H and O–H groups in total. The van der Waals surface area contributed by atoms with Gasteiger partial charge in [-0.3, -0.25) is 0 Å². The molecular weight excluding hydrogens is 283 g/mol. The van der Waals surface area contributed by atoms with Crippen LogP contribution in [0.4, 0.5) is 0 Å². The fourth-order valence-electron chi connectivity index (χ4n) is 0. The predicted molar refractivity (Wildman–Crippen MR) is 3.43 cm³/mol. The molecule has 0 bridgehead atoms. The molecular formula is CoMoO5Ti. The van der Waals surface area contributed by atoms with Gasteiger partial charge < -0.3 is 27.4 Å². The Kier molecular flexibility index (Phi) is 5580. The van der Waals surface area contributed by atoms with E-state index in [1.54, 1.807) is 0 Å². The number of hydrogen-bond acceptors (Lipinski definition) is 0. The second-order valence-corrected chi connectivity index (χ2v) is 0. The third-order valence-electron chi connectivity index (χ3n) is 0. The summed E-state index contributed by atoms with van der Waals surface area (Å²) in [6.45, 7) is 0. The van der Waals surface area contributed by atoms with Gasteiger partial charge in [0.05, 0.1) is 0 Å². The second-order valence-electron chi connectivity index (χ2n) is 0. The summed E-state index contributed by atoms with van der Waals surface area (Å²) in [4.78, 5) is 0. The van der Waals surface area contributed by atoms with Crippen molar-refractivity contribution in [3.8, 4) is 0 Å². The van der Waals surface area contributed by atoms with E-state index in [0.717, 1.165) is 0 Å². The van der Waals surface area contributed by atoms with E-state index in [2.05, 4.69) is 0 Å². The third-order valence-corrected chi connectivity index (χ3v) is 0. The van der Waals surface area contributed by atoms with Crippen LogP contribution in [0.1, 0.15) is 0 Å². The van der Waals surface area contributed by atoms with Gasteiger partial charge in [-0.05, 0) is 0 Å². The van der Waals surface area contributed by atoms with Crippen LogP contribution in [0.5, 0.6) is 0 Å². The van der Waals surface area contributed by atoms with Crippen LogP contribution in [0.15, 0.2) is 0 Å². The van der Waals surface area contributed by atoms with E-state index in [1.807, 2.05) is 0 Å². The van der Waals surface area contributed by atoms with Gasteiger partial charge in [0.1, 0.15) is 0 Å². The molecule has 1 radical (unpaired) electrons. The van der Waals surface area contributed by atoms with Crippen LogP contribution < -0.4 is 0 Å². The van der Waals surface area contributed by atoms with Gasteiger partial charge in [0.2, 0.25) is 0 Å². The molecule has 8 heavy (non-hydrogen) atoms. The van der Waals surface area contributed by atoms with E-state index in [4.69, 9.17) is 0 Å². The van der Waals surface area contributed by atoms with Crippen LogP contribution in [-0.2, 0) is 86.9 Å². The molecule has 0 heterocycles. The van der Waals surface area contributed by atoms with Gasteiger partial charge in [0.15, 0.2) is 0 Å². The average molecular weight is 283 g/mol. The van der Waals surface area contributed by atoms with E-state index in [1.165, 1.54) is 0 Å². The first kappa shape index (κ1) is 252. The van der Waals surface area contributed by atoms with Gasteiger partial charge in [-0.15, -0.1) is 0 Å². The molecule has 0 saturated carbocycles. The minimum absolute atomic E-state index is 0. The Bertz CT molecular complexity index is 12.4. The largest absolute Gasteiger partial charge is 4.00 e. The first-order chi connectivity index (χ1) is 0.